The van der Waals surface area contributed by atoms with E-state index in [-0.39, 0.29) is 45.6 Å². The van der Waals surface area contributed by atoms with Crippen LogP contribution in [0.1, 0.15) is 21.7 Å². The zero-order chi connectivity index (χ0) is 24.5. The van der Waals surface area contributed by atoms with Crippen LogP contribution in [0.25, 0.3) is 22.6 Å². The van der Waals surface area contributed by atoms with Gasteiger partial charge in [0.05, 0.1) is 47.2 Å². The standard InChI is InChI=1S/C20H13ClF3N7O3/c1-34-8-10-3-12(30-15-7-25-14(6-26-15)20(22,23)24)17-18(29-10)31-13(5-28-17)16-11(21)2-9(4-27-16)19(32)33/h2-7H,8H2,1H3,(H,32,33)(H,26,29,30,31). The number of ether oxygens (including phenoxy) is 1. The van der Waals surface area contributed by atoms with Gasteiger partial charge in [-0.15, -0.1) is 0 Å². The number of carbonyl (C=O) groups is 1. The third-order valence-corrected chi connectivity index (χ3v) is 4.69. The number of carboxylic acid groups (broad SMARTS) is 1. The lowest BCUT2D eigenvalue weighted by Gasteiger charge is -2.12. The van der Waals surface area contributed by atoms with Crippen LogP contribution in [0, 0.1) is 0 Å². The maximum Gasteiger partial charge on any atom is 0.434 e. The normalized spacial score (nSPS) is 11.6. The summed E-state index contributed by atoms with van der Waals surface area (Å²) in [6, 6.07) is 2.83. The number of halogens is 4. The average Bonchev–Trinajstić information content (AvgIpc) is 2.78. The predicted octanol–water partition coefficient (Wildman–Crippen LogP) is 4.14. The highest BCUT2D eigenvalue weighted by atomic mass is 35.5. The first-order valence-corrected chi connectivity index (χ1v) is 9.74. The first-order chi connectivity index (χ1) is 16.2. The van der Waals surface area contributed by atoms with Crippen LogP contribution in [0.3, 0.4) is 0 Å². The largest absolute Gasteiger partial charge is 0.478 e. The van der Waals surface area contributed by atoms with Crippen molar-refractivity contribution in [1.82, 2.24) is 29.9 Å². The molecule has 10 nitrogen and oxygen atoms in total. The number of aromatic carboxylic acids is 1. The average molecular weight is 492 g/mol. The highest BCUT2D eigenvalue weighted by Gasteiger charge is 2.32. The van der Waals surface area contributed by atoms with Crippen molar-refractivity contribution in [3.05, 3.63) is 58.9 Å². The maximum atomic E-state index is 12.8. The van der Waals surface area contributed by atoms with Crippen molar-refractivity contribution >= 4 is 40.2 Å². The van der Waals surface area contributed by atoms with Crippen LogP contribution in [-0.2, 0) is 17.5 Å². The molecule has 4 aromatic heterocycles. The van der Waals surface area contributed by atoms with Crippen molar-refractivity contribution in [2.75, 3.05) is 12.4 Å². The smallest absolute Gasteiger partial charge is 0.434 e. The molecule has 0 aliphatic rings. The lowest BCUT2D eigenvalue weighted by molar-refractivity contribution is -0.141. The molecule has 0 bridgehead atoms. The number of alkyl halides is 3. The number of aromatic nitrogens is 6. The molecule has 4 heterocycles. The number of fused-ring (bicyclic) bond motifs is 1. The number of carboxylic acids is 1. The van der Waals surface area contributed by atoms with E-state index in [9.17, 15) is 18.0 Å². The Morgan fingerprint density at radius 1 is 1.09 bits per heavy atom. The Balaban J connectivity index is 1.75. The van der Waals surface area contributed by atoms with Gasteiger partial charge in [-0.3, -0.25) is 4.98 Å². The summed E-state index contributed by atoms with van der Waals surface area (Å²) < 4.78 is 43.4. The Kier molecular flexibility index (Phi) is 6.22. The van der Waals surface area contributed by atoms with Gasteiger partial charge in [0.2, 0.25) is 0 Å². The van der Waals surface area contributed by atoms with Gasteiger partial charge in [0, 0.05) is 13.3 Å². The predicted molar refractivity (Wildman–Crippen MR) is 114 cm³/mol. The highest BCUT2D eigenvalue weighted by molar-refractivity contribution is 6.33. The number of methoxy groups -OCH3 is 1. The van der Waals surface area contributed by atoms with E-state index in [1.165, 1.54) is 19.4 Å². The molecule has 0 spiro atoms. The summed E-state index contributed by atoms with van der Waals surface area (Å²) >= 11 is 6.18. The minimum Gasteiger partial charge on any atom is -0.478 e. The van der Waals surface area contributed by atoms with Crippen molar-refractivity contribution < 1.29 is 27.8 Å². The molecule has 14 heteroatoms. The van der Waals surface area contributed by atoms with Gasteiger partial charge < -0.3 is 15.2 Å². The second-order valence-electron chi connectivity index (χ2n) is 6.79. The van der Waals surface area contributed by atoms with E-state index in [4.69, 9.17) is 21.4 Å². The molecule has 0 saturated carbocycles. The van der Waals surface area contributed by atoms with Gasteiger partial charge in [-0.25, -0.2) is 29.7 Å². The number of rotatable bonds is 6. The molecule has 0 saturated heterocycles. The number of nitrogens with zero attached hydrogens (tertiary/aromatic N) is 6. The number of hydrogen-bond acceptors (Lipinski definition) is 9. The van der Waals surface area contributed by atoms with Crippen LogP contribution in [0.2, 0.25) is 5.02 Å². The molecule has 0 radical (unpaired) electrons. The topological polar surface area (TPSA) is 136 Å². The van der Waals surface area contributed by atoms with Gasteiger partial charge in [0.1, 0.15) is 22.7 Å². The number of anilines is 2. The summed E-state index contributed by atoms with van der Waals surface area (Å²) in [4.78, 5) is 35.4. The Morgan fingerprint density at radius 3 is 2.50 bits per heavy atom. The molecule has 0 unspecified atom stereocenters. The van der Waals surface area contributed by atoms with E-state index in [1.807, 2.05) is 0 Å². The number of nitrogens with one attached hydrogen (secondary N) is 1. The fourth-order valence-corrected chi connectivity index (χ4v) is 3.17. The van der Waals surface area contributed by atoms with Gasteiger partial charge in [-0.1, -0.05) is 11.6 Å². The fraction of sp³-hybridized carbons (Fsp3) is 0.150. The Labute approximate surface area is 193 Å². The lowest BCUT2D eigenvalue weighted by Crippen LogP contribution is -2.09. The van der Waals surface area contributed by atoms with E-state index < -0.39 is 17.8 Å². The van der Waals surface area contributed by atoms with E-state index >= 15 is 0 Å². The SMILES string of the molecule is COCc1cc(Nc2cnc(C(F)(F)F)cn2)c2ncc(-c3ncc(C(=O)O)cc3Cl)nc2n1. The molecule has 0 fully saturated rings. The third kappa shape index (κ3) is 4.84. The highest BCUT2D eigenvalue weighted by Crippen LogP contribution is 2.30. The molecule has 0 aliphatic carbocycles. The molecule has 0 atom stereocenters. The zero-order valence-corrected chi connectivity index (χ0v) is 17.9. The molecule has 34 heavy (non-hydrogen) atoms. The second-order valence-corrected chi connectivity index (χ2v) is 7.20. The summed E-state index contributed by atoms with van der Waals surface area (Å²) in [6.07, 6.45) is -0.556. The van der Waals surface area contributed by atoms with Crippen molar-refractivity contribution in [3.8, 4) is 11.4 Å². The molecule has 4 rings (SSSR count). The van der Waals surface area contributed by atoms with Crippen molar-refractivity contribution in [3.63, 3.8) is 0 Å². The van der Waals surface area contributed by atoms with Crippen LogP contribution in [0.4, 0.5) is 24.7 Å². The van der Waals surface area contributed by atoms with E-state index in [2.05, 4.69) is 35.2 Å². The molecule has 174 valence electrons. The van der Waals surface area contributed by atoms with Crippen LogP contribution in [-0.4, -0.2) is 48.1 Å². The zero-order valence-electron chi connectivity index (χ0n) is 17.1. The van der Waals surface area contributed by atoms with Crippen LogP contribution in [0.5, 0.6) is 0 Å². The first-order valence-electron chi connectivity index (χ1n) is 9.37. The Morgan fingerprint density at radius 2 is 1.88 bits per heavy atom. The van der Waals surface area contributed by atoms with Gasteiger partial charge in [-0.2, -0.15) is 13.2 Å². The molecule has 0 aliphatic heterocycles. The quantitative estimate of drug-likeness (QED) is 0.405. The van der Waals surface area contributed by atoms with E-state index in [1.54, 1.807) is 6.07 Å². The van der Waals surface area contributed by atoms with E-state index in [0.717, 1.165) is 12.4 Å². The van der Waals surface area contributed by atoms with Crippen molar-refractivity contribution in [2.24, 2.45) is 0 Å². The summed E-state index contributed by atoms with van der Waals surface area (Å²) in [6.45, 7) is 0.113. The van der Waals surface area contributed by atoms with Crippen LogP contribution < -0.4 is 5.32 Å². The maximum absolute atomic E-state index is 12.8. The van der Waals surface area contributed by atoms with E-state index in [0.29, 0.717) is 17.6 Å². The lowest BCUT2D eigenvalue weighted by atomic mass is 10.2. The minimum absolute atomic E-state index is 0.0451. The second kappa shape index (κ2) is 9.11. The summed E-state index contributed by atoms with van der Waals surface area (Å²) in [5.74, 6) is -1.14. The Hall–Kier alpha value is -3.97. The van der Waals surface area contributed by atoms with Gasteiger partial charge in [0.25, 0.3) is 0 Å². The van der Waals surface area contributed by atoms with Gasteiger partial charge in [0.15, 0.2) is 11.3 Å². The summed E-state index contributed by atoms with van der Waals surface area (Å²) in [7, 11) is 1.47. The van der Waals surface area contributed by atoms with Crippen LogP contribution >= 0.6 is 11.6 Å². The van der Waals surface area contributed by atoms with Crippen LogP contribution in [0.15, 0.2) is 36.9 Å². The van der Waals surface area contributed by atoms with Gasteiger partial charge in [-0.05, 0) is 12.1 Å². The minimum atomic E-state index is -4.61. The monoisotopic (exact) mass is 491 g/mol. The Bertz CT molecular complexity index is 1380. The van der Waals surface area contributed by atoms with Crippen molar-refractivity contribution in [1.29, 1.82) is 0 Å². The van der Waals surface area contributed by atoms with Gasteiger partial charge >= 0.3 is 12.1 Å². The molecule has 4 aromatic rings. The summed E-state index contributed by atoms with van der Waals surface area (Å²) in [5, 5.41) is 12.0. The first kappa shape index (κ1) is 23.2. The fourth-order valence-electron chi connectivity index (χ4n) is 2.90. The third-order valence-electron chi connectivity index (χ3n) is 4.40. The molecule has 0 amide bonds. The molecule has 2 N–H and O–H groups in total. The number of hydrogen-bond donors (Lipinski definition) is 2. The van der Waals surface area contributed by atoms with Crippen molar-refractivity contribution in [2.45, 2.75) is 12.8 Å². The number of pyridine rings is 2. The molecular formula is C20H13ClF3N7O3. The molecular weight excluding hydrogens is 479 g/mol. The summed E-state index contributed by atoms with van der Waals surface area (Å²) in [5.41, 5.74) is 0.459. The molecule has 0 aromatic carbocycles.